The molecule has 0 saturated carbocycles. The summed E-state index contributed by atoms with van der Waals surface area (Å²) in [7, 11) is 0. The van der Waals surface area contributed by atoms with Crippen LogP contribution in [0.5, 0.6) is 0 Å². The van der Waals surface area contributed by atoms with Crippen LogP contribution in [0.2, 0.25) is 0 Å². The first-order valence-corrected chi connectivity index (χ1v) is 7.10. The summed E-state index contributed by atoms with van der Waals surface area (Å²) in [5.41, 5.74) is -1.32. The Morgan fingerprint density at radius 1 is 1.41 bits per heavy atom. The predicted octanol–water partition coefficient (Wildman–Crippen LogP) is -0.781. The van der Waals surface area contributed by atoms with E-state index in [2.05, 4.69) is 4.98 Å². The molecule has 1 aromatic heterocycles. The summed E-state index contributed by atoms with van der Waals surface area (Å²) in [5, 5.41) is 19.5. The maximum atomic E-state index is 11.9. The van der Waals surface area contributed by atoms with Crippen LogP contribution in [0.3, 0.4) is 0 Å². The molecular weight excluding hydrogens is 292 g/mol. The molecule has 4 atom stereocenters. The van der Waals surface area contributed by atoms with Crippen molar-refractivity contribution in [2.75, 3.05) is 13.2 Å². The molecule has 3 N–H and O–H groups in total. The van der Waals surface area contributed by atoms with E-state index in [0.29, 0.717) is 6.61 Å². The molecule has 0 spiro atoms. The number of nitrogens with one attached hydrogen (secondary N) is 1. The van der Waals surface area contributed by atoms with Crippen molar-refractivity contribution in [3.8, 4) is 0 Å². The smallest absolute Gasteiger partial charge is 0.330 e. The van der Waals surface area contributed by atoms with E-state index in [1.165, 1.54) is 12.3 Å². The number of aromatic nitrogens is 2. The zero-order valence-electron chi connectivity index (χ0n) is 12.9. The van der Waals surface area contributed by atoms with Crippen LogP contribution >= 0.6 is 0 Å². The van der Waals surface area contributed by atoms with Crippen molar-refractivity contribution in [3.63, 3.8) is 0 Å². The van der Waals surface area contributed by atoms with Gasteiger partial charge in [0, 0.05) is 12.3 Å². The van der Waals surface area contributed by atoms with Gasteiger partial charge in [-0.1, -0.05) is 20.8 Å². The van der Waals surface area contributed by atoms with Gasteiger partial charge < -0.3 is 19.7 Å². The Labute approximate surface area is 127 Å². The lowest BCUT2D eigenvalue weighted by Crippen LogP contribution is -2.40. The van der Waals surface area contributed by atoms with Gasteiger partial charge in [-0.3, -0.25) is 14.3 Å². The van der Waals surface area contributed by atoms with Crippen LogP contribution in [0.1, 0.15) is 27.0 Å². The topological polar surface area (TPSA) is 114 Å². The van der Waals surface area contributed by atoms with Crippen LogP contribution in [-0.4, -0.2) is 51.3 Å². The molecule has 0 unspecified atom stereocenters. The molecule has 1 aromatic rings. The monoisotopic (exact) mass is 314 g/mol. The summed E-state index contributed by atoms with van der Waals surface area (Å²) in [5.74, 6) is 0. The zero-order chi connectivity index (χ0) is 16.5. The van der Waals surface area contributed by atoms with E-state index in [1.807, 2.05) is 20.8 Å². The van der Waals surface area contributed by atoms with Gasteiger partial charge in [-0.05, 0) is 5.41 Å². The Kier molecular flexibility index (Phi) is 4.86. The molecule has 0 amide bonds. The quantitative estimate of drug-likeness (QED) is 0.672. The molecule has 0 aromatic carbocycles. The molecule has 1 aliphatic rings. The van der Waals surface area contributed by atoms with Crippen molar-refractivity contribution in [2.45, 2.75) is 45.3 Å². The van der Waals surface area contributed by atoms with Gasteiger partial charge in [0.2, 0.25) is 0 Å². The molecule has 1 aliphatic heterocycles. The Balaban J connectivity index is 2.29. The first-order valence-electron chi connectivity index (χ1n) is 7.10. The summed E-state index contributed by atoms with van der Waals surface area (Å²) >= 11 is 0. The number of aliphatic hydroxyl groups excluding tert-OH is 2. The second-order valence-electron chi connectivity index (χ2n) is 6.59. The highest BCUT2D eigenvalue weighted by molar-refractivity contribution is 4.94. The lowest BCUT2D eigenvalue weighted by molar-refractivity contribution is -0.0886. The Hall–Kier alpha value is -1.48. The fourth-order valence-electron chi connectivity index (χ4n) is 2.25. The minimum Gasteiger partial charge on any atom is -0.394 e. The second-order valence-corrected chi connectivity index (χ2v) is 6.59. The van der Waals surface area contributed by atoms with E-state index < -0.39 is 42.4 Å². The Morgan fingerprint density at radius 3 is 2.64 bits per heavy atom. The molecular formula is C14H22N2O6. The van der Waals surface area contributed by atoms with Gasteiger partial charge in [-0.25, -0.2) is 4.79 Å². The van der Waals surface area contributed by atoms with Crippen LogP contribution in [0.4, 0.5) is 0 Å². The van der Waals surface area contributed by atoms with Crippen LogP contribution in [0, 0.1) is 5.41 Å². The van der Waals surface area contributed by atoms with E-state index in [9.17, 15) is 19.8 Å². The van der Waals surface area contributed by atoms with Crippen LogP contribution in [0.25, 0.3) is 0 Å². The number of rotatable bonds is 4. The number of H-pyrrole nitrogens is 1. The van der Waals surface area contributed by atoms with Gasteiger partial charge in [-0.15, -0.1) is 0 Å². The van der Waals surface area contributed by atoms with Gasteiger partial charge >= 0.3 is 5.69 Å². The number of nitrogens with zero attached hydrogens (tertiary/aromatic N) is 1. The van der Waals surface area contributed by atoms with Crippen LogP contribution in [-0.2, 0) is 9.47 Å². The van der Waals surface area contributed by atoms with Crippen molar-refractivity contribution < 1.29 is 19.7 Å². The highest BCUT2D eigenvalue weighted by Crippen LogP contribution is 2.31. The SMILES string of the molecule is CC(C)(C)CO[C@@H]1[C@H](O)[C@@H](CO)O[C@H]1n1ccc(=O)[nH]c1=O. The number of aromatic amines is 1. The maximum Gasteiger partial charge on any atom is 0.330 e. The maximum absolute atomic E-state index is 11.9. The Bertz CT molecular complexity index is 617. The minimum absolute atomic E-state index is 0.141. The summed E-state index contributed by atoms with van der Waals surface area (Å²) in [4.78, 5) is 25.2. The lowest BCUT2D eigenvalue weighted by atomic mass is 9.98. The largest absolute Gasteiger partial charge is 0.394 e. The number of ether oxygens (including phenoxy) is 2. The highest BCUT2D eigenvalue weighted by Gasteiger charge is 2.46. The third-order valence-corrected chi connectivity index (χ3v) is 3.33. The van der Waals surface area contributed by atoms with E-state index in [-0.39, 0.29) is 5.41 Å². The third kappa shape index (κ3) is 3.64. The van der Waals surface area contributed by atoms with E-state index in [1.54, 1.807) is 0 Å². The van der Waals surface area contributed by atoms with Crippen molar-refractivity contribution in [1.29, 1.82) is 0 Å². The number of hydrogen-bond acceptors (Lipinski definition) is 6. The normalized spacial score (nSPS) is 29.0. The molecule has 0 radical (unpaired) electrons. The molecule has 0 bridgehead atoms. The molecule has 1 saturated heterocycles. The molecule has 0 aliphatic carbocycles. The fourth-order valence-corrected chi connectivity index (χ4v) is 2.25. The third-order valence-electron chi connectivity index (χ3n) is 3.33. The molecule has 2 rings (SSSR count). The van der Waals surface area contributed by atoms with Crippen LogP contribution < -0.4 is 11.2 Å². The average molecular weight is 314 g/mol. The first kappa shape index (κ1) is 16.9. The molecule has 8 heteroatoms. The van der Waals surface area contributed by atoms with Crippen molar-refractivity contribution in [2.24, 2.45) is 5.41 Å². The summed E-state index contributed by atoms with van der Waals surface area (Å²) in [6.45, 7) is 5.86. The van der Waals surface area contributed by atoms with Crippen molar-refractivity contribution >= 4 is 0 Å². The lowest BCUT2D eigenvalue weighted by Gasteiger charge is -2.26. The van der Waals surface area contributed by atoms with Crippen LogP contribution in [0.15, 0.2) is 21.9 Å². The summed E-state index contributed by atoms with van der Waals surface area (Å²) < 4.78 is 12.4. The van der Waals surface area contributed by atoms with E-state index in [4.69, 9.17) is 9.47 Å². The molecule has 124 valence electrons. The van der Waals surface area contributed by atoms with Gasteiger partial charge in [0.15, 0.2) is 6.23 Å². The predicted molar refractivity (Wildman–Crippen MR) is 77.5 cm³/mol. The average Bonchev–Trinajstić information content (AvgIpc) is 2.72. The van der Waals surface area contributed by atoms with Crippen molar-refractivity contribution in [1.82, 2.24) is 9.55 Å². The van der Waals surface area contributed by atoms with Crippen molar-refractivity contribution in [3.05, 3.63) is 33.1 Å². The number of hydrogen-bond donors (Lipinski definition) is 3. The van der Waals surface area contributed by atoms with E-state index >= 15 is 0 Å². The summed E-state index contributed by atoms with van der Waals surface area (Å²) in [6, 6.07) is 1.18. The fraction of sp³-hybridized carbons (Fsp3) is 0.714. The van der Waals surface area contributed by atoms with E-state index in [0.717, 1.165) is 4.57 Å². The molecule has 8 nitrogen and oxygen atoms in total. The standard InChI is InChI=1S/C14H22N2O6/c1-14(2,3)7-21-11-10(19)8(6-17)22-12(11)16-5-4-9(18)15-13(16)20/h4-5,8,10-12,17,19H,6-7H2,1-3H3,(H,15,18,20)/t8-,10-,11-,12-/m1/s1. The van der Waals surface area contributed by atoms with Gasteiger partial charge in [0.1, 0.15) is 18.3 Å². The zero-order valence-corrected chi connectivity index (χ0v) is 12.9. The highest BCUT2D eigenvalue weighted by atomic mass is 16.6. The van der Waals surface area contributed by atoms with Gasteiger partial charge in [-0.2, -0.15) is 0 Å². The minimum atomic E-state index is -1.07. The second kappa shape index (κ2) is 6.33. The first-order chi connectivity index (χ1) is 10.2. The van der Waals surface area contributed by atoms with Gasteiger partial charge in [0.05, 0.1) is 13.2 Å². The Morgan fingerprint density at radius 2 is 2.09 bits per heavy atom. The number of aliphatic hydroxyl groups is 2. The molecule has 22 heavy (non-hydrogen) atoms. The molecule has 2 heterocycles. The van der Waals surface area contributed by atoms with Gasteiger partial charge in [0.25, 0.3) is 5.56 Å². The molecule has 1 fully saturated rings. The summed E-state index contributed by atoms with van der Waals surface area (Å²) in [6.07, 6.45) is -2.38.